The first-order valence-corrected chi connectivity index (χ1v) is 12.9. The minimum atomic E-state index is -4.67. The molecule has 11 heteroatoms. The van der Waals surface area contributed by atoms with E-state index in [0.29, 0.717) is 34.4 Å². The maximum Gasteiger partial charge on any atom is 0.296 e. The van der Waals surface area contributed by atoms with Crippen LogP contribution in [0.5, 0.6) is 11.5 Å². The molecule has 0 aromatic heterocycles. The highest BCUT2D eigenvalue weighted by molar-refractivity contribution is 7.86. The Hall–Kier alpha value is -3.99. The zero-order valence-corrected chi connectivity index (χ0v) is 21.3. The van der Waals surface area contributed by atoms with Crippen LogP contribution >= 0.6 is 11.6 Å². The number of rotatable bonds is 7. The molecule has 9 nitrogen and oxygen atoms in total. The van der Waals surface area contributed by atoms with Crippen LogP contribution < -0.4 is 10.1 Å². The second-order valence-electron chi connectivity index (χ2n) is 7.97. The van der Waals surface area contributed by atoms with Gasteiger partial charge in [-0.2, -0.15) is 8.42 Å². The first-order chi connectivity index (χ1) is 17.6. The van der Waals surface area contributed by atoms with Gasteiger partial charge in [0.2, 0.25) is 0 Å². The molecule has 0 atom stereocenters. The minimum Gasteiger partial charge on any atom is -0.505 e. The maximum absolute atomic E-state index is 13.2. The topological polar surface area (TPSA) is 138 Å². The van der Waals surface area contributed by atoms with Crippen LogP contribution in [-0.2, 0) is 10.1 Å². The smallest absolute Gasteiger partial charge is 0.296 e. The fraction of sp³-hybridized carbons (Fsp3) is 0.115. The van der Waals surface area contributed by atoms with E-state index in [-0.39, 0.29) is 22.0 Å². The number of carbonyl (C=O) groups excluding carboxylic acids is 1. The van der Waals surface area contributed by atoms with Crippen molar-refractivity contribution in [3.63, 3.8) is 0 Å². The Labute approximate surface area is 218 Å². The maximum atomic E-state index is 13.2. The summed E-state index contributed by atoms with van der Waals surface area (Å²) in [5.41, 5.74) is 0.586. The van der Waals surface area contributed by atoms with E-state index in [1.54, 1.807) is 55.5 Å². The molecule has 0 saturated carbocycles. The first kappa shape index (κ1) is 26.1. The lowest BCUT2D eigenvalue weighted by atomic mass is 10.0. The molecule has 4 aromatic carbocycles. The Bertz CT molecular complexity index is 1650. The van der Waals surface area contributed by atoms with Gasteiger partial charge in [0.05, 0.1) is 17.9 Å². The lowest BCUT2D eigenvalue weighted by Crippen LogP contribution is -2.13. The third-order valence-corrected chi connectivity index (χ3v) is 6.74. The van der Waals surface area contributed by atoms with Gasteiger partial charge < -0.3 is 15.2 Å². The lowest BCUT2D eigenvalue weighted by Gasteiger charge is -2.13. The number of hydrogen-bond acceptors (Lipinski definition) is 7. The van der Waals surface area contributed by atoms with Crippen LogP contribution in [-0.4, -0.2) is 30.6 Å². The number of phenolic OH excluding ortho intramolecular Hbond substituents is 1. The van der Waals surface area contributed by atoms with Crippen LogP contribution in [0.25, 0.3) is 10.8 Å². The van der Waals surface area contributed by atoms with Gasteiger partial charge in [-0.05, 0) is 55.1 Å². The minimum absolute atomic E-state index is 0.0600. The third-order valence-electron chi connectivity index (χ3n) is 5.45. The number of benzene rings is 4. The van der Waals surface area contributed by atoms with Crippen LogP contribution in [0, 0.1) is 6.92 Å². The second-order valence-corrected chi connectivity index (χ2v) is 9.77. The second kappa shape index (κ2) is 10.6. The van der Waals surface area contributed by atoms with Gasteiger partial charge in [0.1, 0.15) is 22.0 Å². The average molecular weight is 540 g/mol. The van der Waals surface area contributed by atoms with Crippen molar-refractivity contribution in [3.8, 4) is 11.5 Å². The Balaban J connectivity index is 1.83. The van der Waals surface area contributed by atoms with Crippen molar-refractivity contribution in [2.24, 2.45) is 10.2 Å². The number of ether oxygens (including phenoxy) is 1. The third kappa shape index (κ3) is 5.56. The number of azo groups is 1. The van der Waals surface area contributed by atoms with Crippen molar-refractivity contribution in [1.82, 2.24) is 0 Å². The van der Waals surface area contributed by atoms with Crippen molar-refractivity contribution in [2.45, 2.75) is 18.7 Å². The number of anilines is 1. The molecule has 37 heavy (non-hydrogen) atoms. The largest absolute Gasteiger partial charge is 0.505 e. The summed E-state index contributed by atoms with van der Waals surface area (Å²) >= 11 is 6.02. The molecule has 4 aromatic rings. The number of nitrogens with zero attached hydrogens (tertiary/aromatic N) is 2. The van der Waals surface area contributed by atoms with Crippen LogP contribution in [0.15, 0.2) is 81.9 Å². The van der Waals surface area contributed by atoms with E-state index >= 15 is 0 Å². The number of amides is 1. The number of phenols is 1. The molecule has 0 aliphatic rings. The summed E-state index contributed by atoms with van der Waals surface area (Å²) < 4.78 is 38.9. The van der Waals surface area contributed by atoms with E-state index in [0.717, 1.165) is 6.07 Å². The zero-order chi connectivity index (χ0) is 26.7. The number of carbonyl (C=O) groups is 1. The number of hydrogen-bond donors (Lipinski definition) is 3. The van der Waals surface area contributed by atoms with Crippen molar-refractivity contribution in [1.29, 1.82) is 0 Å². The van der Waals surface area contributed by atoms with Crippen LogP contribution in [0.3, 0.4) is 0 Å². The predicted molar refractivity (Wildman–Crippen MR) is 141 cm³/mol. The summed E-state index contributed by atoms with van der Waals surface area (Å²) in [6.45, 7) is 3.85. The summed E-state index contributed by atoms with van der Waals surface area (Å²) in [6, 6.07) is 17.7. The molecule has 0 fully saturated rings. The highest BCUT2D eigenvalue weighted by atomic mass is 35.5. The predicted octanol–water partition coefficient (Wildman–Crippen LogP) is 6.82. The normalized spacial score (nSPS) is 11.7. The Morgan fingerprint density at radius 2 is 1.76 bits per heavy atom. The van der Waals surface area contributed by atoms with Gasteiger partial charge in [0.15, 0.2) is 5.75 Å². The molecule has 0 aliphatic heterocycles. The summed E-state index contributed by atoms with van der Waals surface area (Å²) in [5, 5.41) is 23.1. The van der Waals surface area contributed by atoms with Gasteiger partial charge in [-0.15, -0.1) is 10.2 Å². The van der Waals surface area contributed by atoms with E-state index in [1.807, 2.05) is 6.92 Å². The van der Waals surface area contributed by atoms with E-state index in [9.17, 15) is 22.9 Å². The number of fused-ring (bicyclic) bond motifs is 1. The SMILES string of the molecule is CCOc1ccccc1NC(=O)c1cc2ccccc2c(N=Nc2cc(C)c(Cl)cc2S(=O)(=O)O)c1O. The van der Waals surface area contributed by atoms with Crippen molar-refractivity contribution >= 4 is 55.5 Å². The number of nitrogens with one attached hydrogen (secondary N) is 1. The van der Waals surface area contributed by atoms with Crippen molar-refractivity contribution in [2.75, 3.05) is 11.9 Å². The first-order valence-electron chi connectivity index (χ1n) is 11.1. The highest BCUT2D eigenvalue weighted by Gasteiger charge is 2.21. The summed E-state index contributed by atoms with van der Waals surface area (Å²) in [4.78, 5) is 12.7. The van der Waals surface area contributed by atoms with Gasteiger partial charge in [-0.25, -0.2) is 0 Å². The van der Waals surface area contributed by atoms with E-state index in [2.05, 4.69) is 15.5 Å². The molecule has 0 heterocycles. The molecule has 190 valence electrons. The fourth-order valence-corrected chi connectivity index (χ4v) is 4.53. The lowest BCUT2D eigenvalue weighted by molar-refractivity contribution is 0.102. The molecular formula is C26H22ClN3O6S. The number of para-hydroxylation sites is 2. The quantitative estimate of drug-likeness (QED) is 0.174. The van der Waals surface area contributed by atoms with Crippen LogP contribution in [0.2, 0.25) is 5.02 Å². The van der Waals surface area contributed by atoms with Gasteiger partial charge in [0.25, 0.3) is 16.0 Å². The van der Waals surface area contributed by atoms with E-state index in [1.165, 1.54) is 12.1 Å². The summed E-state index contributed by atoms with van der Waals surface area (Å²) in [5.74, 6) is -0.616. The highest BCUT2D eigenvalue weighted by Crippen LogP contribution is 2.41. The summed E-state index contributed by atoms with van der Waals surface area (Å²) in [7, 11) is -4.67. The molecule has 0 aliphatic carbocycles. The monoisotopic (exact) mass is 539 g/mol. The average Bonchev–Trinajstić information content (AvgIpc) is 2.85. The van der Waals surface area contributed by atoms with E-state index < -0.39 is 26.7 Å². The molecule has 4 rings (SSSR count). The standard InChI is InChI=1S/C26H22ClN3O6S/c1-3-36-22-11-7-6-10-20(22)28-26(32)18-13-16-8-4-5-9-17(16)24(25(18)31)30-29-21-12-15(2)19(27)14-23(21)37(33,34)35/h4-14,31H,3H2,1-2H3,(H,28,32)(H,33,34,35). The molecule has 0 bridgehead atoms. The molecular weight excluding hydrogens is 518 g/mol. The Morgan fingerprint density at radius 1 is 1.05 bits per heavy atom. The Morgan fingerprint density at radius 3 is 2.49 bits per heavy atom. The number of aryl methyl sites for hydroxylation is 1. The Kier molecular flexibility index (Phi) is 7.44. The van der Waals surface area contributed by atoms with Gasteiger partial charge in [-0.3, -0.25) is 9.35 Å². The number of aromatic hydroxyl groups is 1. The zero-order valence-electron chi connectivity index (χ0n) is 19.8. The van der Waals surface area contributed by atoms with Crippen molar-refractivity contribution < 1.29 is 27.6 Å². The van der Waals surface area contributed by atoms with Crippen LogP contribution in [0.1, 0.15) is 22.8 Å². The molecule has 0 unspecified atom stereocenters. The van der Waals surface area contributed by atoms with Crippen LogP contribution in [0.4, 0.5) is 17.1 Å². The van der Waals surface area contributed by atoms with Gasteiger partial charge in [0, 0.05) is 10.4 Å². The van der Waals surface area contributed by atoms with Crippen molar-refractivity contribution in [3.05, 3.63) is 82.9 Å². The summed E-state index contributed by atoms with van der Waals surface area (Å²) in [6.07, 6.45) is 0. The molecule has 0 saturated heterocycles. The van der Waals surface area contributed by atoms with Gasteiger partial charge in [-0.1, -0.05) is 48.0 Å². The van der Waals surface area contributed by atoms with E-state index in [4.69, 9.17) is 16.3 Å². The molecule has 0 radical (unpaired) electrons. The molecule has 0 spiro atoms. The van der Waals surface area contributed by atoms with Gasteiger partial charge >= 0.3 is 0 Å². The fourth-order valence-electron chi connectivity index (χ4n) is 3.67. The molecule has 3 N–H and O–H groups in total. The number of halogens is 1. The molecule has 1 amide bonds.